The quantitative estimate of drug-likeness (QED) is 0.0191. The van der Waals surface area contributed by atoms with Gasteiger partial charge in [-0.2, -0.15) is 13.0 Å². The van der Waals surface area contributed by atoms with Crippen molar-refractivity contribution in [1.82, 2.24) is 9.37 Å². The summed E-state index contributed by atoms with van der Waals surface area (Å²) in [5.74, 6) is -5.87. The van der Waals surface area contributed by atoms with E-state index in [4.69, 9.17) is 14.3 Å². The number of sulfonamides is 1. The number of carbonyl (C=O) groups is 4. The van der Waals surface area contributed by atoms with Gasteiger partial charge in [0.15, 0.2) is 6.54 Å². The monoisotopic (exact) mass is 1040 g/mol. The second kappa shape index (κ2) is 25.0. The van der Waals surface area contributed by atoms with Gasteiger partial charge in [0, 0.05) is 55.9 Å². The zero-order chi connectivity index (χ0) is 46.3. The first-order valence-electron chi connectivity index (χ1n) is 19.1. The van der Waals surface area contributed by atoms with Crippen LogP contribution in [-0.2, 0) is 66.1 Å². The zero-order valence-electron chi connectivity index (χ0n) is 35.9. The fourth-order valence-electron chi connectivity index (χ4n) is 6.55. The van der Waals surface area contributed by atoms with Gasteiger partial charge in [-0.05, 0) is 62.6 Å². The largest absolute Gasteiger partial charge is 1.00 e. The van der Waals surface area contributed by atoms with E-state index < -0.39 is 94.3 Å². The maximum absolute atomic E-state index is 15.2. The first-order valence-corrected chi connectivity index (χ1v) is 25.4. The van der Waals surface area contributed by atoms with Crippen LogP contribution >= 0.6 is 0 Å². The van der Waals surface area contributed by atoms with Crippen molar-refractivity contribution in [2.45, 2.75) is 63.3 Å². The van der Waals surface area contributed by atoms with Crippen molar-refractivity contribution in [3.8, 4) is 11.5 Å². The summed E-state index contributed by atoms with van der Waals surface area (Å²) in [6.45, 7) is 0.354. The molecule has 0 spiro atoms. The smallest absolute Gasteiger partial charge is 1.00 e. The number of imide groups is 1. The Balaban J connectivity index is 0.00000499. The van der Waals surface area contributed by atoms with Crippen molar-refractivity contribution < 1.29 is 157 Å². The predicted molar refractivity (Wildman–Crippen MR) is 218 cm³/mol. The number of hydrogen-bond donors (Lipinski definition) is 1. The van der Waals surface area contributed by atoms with Gasteiger partial charge < -0.3 is 35.8 Å². The van der Waals surface area contributed by atoms with Crippen molar-refractivity contribution in [3.63, 3.8) is 0 Å². The fourth-order valence-corrected chi connectivity index (χ4v) is 9.40. The van der Waals surface area contributed by atoms with E-state index in [2.05, 4.69) is 0 Å². The second-order valence-electron chi connectivity index (χ2n) is 14.3. The van der Waals surface area contributed by atoms with E-state index >= 15 is 4.79 Å². The average Bonchev–Trinajstić information content (AvgIpc) is 3.50. The number of nitrogens with zero attached hydrogens (tertiary/aromatic N) is 3. The van der Waals surface area contributed by atoms with Crippen LogP contribution in [0.25, 0.3) is 21.8 Å². The summed E-state index contributed by atoms with van der Waals surface area (Å²) in [6, 6.07) is 13.9. The Kier molecular flexibility index (Phi) is 22.4. The van der Waals surface area contributed by atoms with E-state index in [0.717, 1.165) is 0 Å². The van der Waals surface area contributed by atoms with Gasteiger partial charge in [-0.15, -0.1) is 5.06 Å². The standard InChI is InChI=1S/C38H43N3O18S4.ClH.2Na/c1-26-7-11-29(12-8-26)63(55,56)40(18-2-6-36(44)59-41-34(42)15-16-35(41)43)38(45)37-30-24-27(57-19-4-22-61(49,50)51)9-13-32(30)39(17-3-21-60(46,47)48)33-14-10-28(25-31(33)37)58-20-5-23-62(52,53)54;;;/h7-14,24-25H,2-6,15-23H2,1H3,(H2-,46,47,48,49,50,51,52,53,54);1H;;/q;;2*+1/p-2. The molecular weight excluding hydrogens is 996 g/mol. The Morgan fingerprint density at radius 1 is 0.727 bits per heavy atom. The normalized spacial score (nSPS) is 13.1. The summed E-state index contributed by atoms with van der Waals surface area (Å²) in [6.07, 6.45) is -1.90. The van der Waals surface area contributed by atoms with Gasteiger partial charge in [-0.1, -0.05) is 17.7 Å². The molecule has 5 rings (SSSR count). The van der Waals surface area contributed by atoms with Crippen LogP contribution in [0.1, 0.15) is 60.9 Å². The minimum atomic E-state index is -4.79. The third-order valence-corrected chi connectivity index (χ3v) is 13.6. The summed E-state index contributed by atoms with van der Waals surface area (Å²) in [5, 5.41) is 0.315. The molecule has 0 atom stereocenters. The summed E-state index contributed by atoms with van der Waals surface area (Å²) < 4.78 is 143. The molecule has 1 saturated heterocycles. The predicted octanol–water partition coefficient (Wildman–Crippen LogP) is -7.27. The Labute approximate surface area is 431 Å². The molecule has 0 radical (unpaired) electrons. The van der Waals surface area contributed by atoms with Crippen LogP contribution in [0, 0.1) is 6.92 Å². The third-order valence-electron chi connectivity index (χ3n) is 9.45. The Morgan fingerprint density at radius 2 is 1.21 bits per heavy atom. The van der Waals surface area contributed by atoms with Gasteiger partial charge in [0.05, 0.1) is 60.4 Å². The number of rotatable bonds is 22. The molecule has 66 heavy (non-hydrogen) atoms. The Morgan fingerprint density at radius 3 is 1.67 bits per heavy atom. The number of pyridine rings is 1. The van der Waals surface area contributed by atoms with E-state index in [1.807, 2.05) is 0 Å². The molecule has 28 heteroatoms. The van der Waals surface area contributed by atoms with Crippen LogP contribution in [0.4, 0.5) is 0 Å². The van der Waals surface area contributed by atoms with Gasteiger partial charge in [-0.25, -0.2) is 34.4 Å². The molecule has 350 valence electrons. The molecule has 0 bridgehead atoms. The van der Waals surface area contributed by atoms with Gasteiger partial charge in [0.2, 0.25) is 11.0 Å². The fraction of sp³-hybridized carbons (Fsp3) is 0.395. The SMILES string of the molecule is Cc1ccc(S(=O)(=O)N(CCCC(=O)ON2C(=O)CCC2=O)C(=O)c2c3cc(OCCCS(=O)(=O)[O-])ccc3[n+](CCCS(=O)(=O)O)c3ccc(OCCCS(=O)(=O)[O-])cc23)cc1.[Cl-].[Na+].[Na+]. The van der Waals surface area contributed by atoms with E-state index in [1.165, 1.54) is 60.7 Å². The molecule has 1 N–H and O–H groups in total. The molecule has 0 aliphatic carbocycles. The van der Waals surface area contributed by atoms with Crippen LogP contribution in [0.2, 0.25) is 0 Å². The minimum Gasteiger partial charge on any atom is -1.00 e. The van der Waals surface area contributed by atoms with Crippen molar-refractivity contribution in [3.05, 3.63) is 71.8 Å². The van der Waals surface area contributed by atoms with Crippen LogP contribution in [0.15, 0.2) is 65.6 Å². The van der Waals surface area contributed by atoms with Crippen LogP contribution in [0.5, 0.6) is 11.5 Å². The molecule has 21 nitrogen and oxygen atoms in total. The molecular formula is C38H42ClN3Na2O18S4. The number of hydroxylamine groups is 2. The number of carbonyl (C=O) groups excluding carboxylic acids is 4. The van der Waals surface area contributed by atoms with Crippen molar-refractivity contribution in [2.24, 2.45) is 0 Å². The van der Waals surface area contributed by atoms with Crippen LogP contribution < -0.4 is 85.6 Å². The van der Waals surface area contributed by atoms with Gasteiger partial charge in [0.25, 0.3) is 37.9 Å². The second-order valence-corrected chi connectivity index (χ2v) is 20.8. The Hall–Kier alpha value is -3.02. The third kappa shape index (κ3) is 16.6. The first-order chi connectivity index (χ1) is 29.4. The summed E-state index contributed by atoms with van der Waals surface area (Å²) >= 11 is 0. The molecule has 0 unspecified atom stereocenters. The maximum Gasteiger partial charge on any atom is 1.00 e. The average molecular weight is 1040 g/mol. The molecule has 2 heterocycles. The summed E-state index contributed by atoms with van der Waals surface area (Å²) in [7, 11) is -18.4. The molecule has 1 fully saturated rings. The molecule has 1 aliphatic heterocycles. The number of halogens is 1. The maximum atomic E-state index is 15.2. The van der Waals surface area contributed by atoms with E-state index in [0.29, 0.717) is 14.9 Å². The molecule has 3 aromatic carbocycles. The first kappa shape index (κ1) is 59.1. The van der Waals surface area contributed by atoms with Gasteiger partial charge in [0.1, 0.15) is 11.5 Å². The zero-order valence-corrected chi connectivity index (χ0v) is 43.9. The molecule has 3 amide bonds. The number of fused-ring (bicyclic) bond motifs is 2. The number of amides is 3. The Bertz CT molecular complexity index is 2770. The summed E-state index contributed by atoms with van der Waals surface area (Å²) in [4.78, 5) is 56.7. The molecule has 0 saturated carbocycles. The molecule has 4 aromatic rings. The van der Waals surface area contributed by atoms with Crippen molar-refractivity contribution in [2.75, 3.05) is 37.0 Å². The topological polar surface area (TPSA) is 309 Å². The number of aromatic nitrogens is 1. The van der Waals surface area contributed by atoms with Crippen molar-refractivity contribution >= 4 is 85.9 Å². The number of benzene rings is 3. The van der Waals surface area contributed by atoms with Gasteiger partial charge in [-0.3, -0.25) is 18.9 Å². The number of aryl methyl sites for hydroxylation is 2. The number of hydrogen-bond acceptors (Lipinski definition) is 17. The van der Waals surface area contributed by atoms with E-state index in [1.54, 1.807) is 11.5 Å². The molecule has 1 aromatic heterocycles. The van der Waals surface area contributed by atoms with E-state index in [-0.39, 0.29) is 174 Å². The van der Waals surface area contributed by atoms with Crippen LogP contribution in [0.3, 0.4) is 0 Å². The summed E-state index contributed by atoms with van der Waals surface area (Å²) in [5.41, 5.74) is 0.792. The van der Waals surface area contributed by atoms with Crippen LogP contribution in [-0.4, -0.2) is 117 Å². The number of ether oxygens (including phenoxy) is 2. The van der Waals surface area contributed by atoms with Gasteiger partial charge >= 0.3 is 65.1 Å². The molecule has 1 aliphatic rings. The van der Waals surface area contributed by atoms with E-state index in [9.17, 15) is 61.7 Å². The van der Waals surface area contributed by atoms with Crippen molar-refractivity contribution in [1.29, 1.82) is 0 Å². The minimum absolute atomic E-state index is 0.